The molecule has 1 aromatic rings. The monoisotopic (exact) mass is 458 g/mol. The van der Waals surface area contributed by atoms with Crippen LogP contribution < -0.4 is 10.5 Å². The lowest BCUT2D eigenvalue weighted by Gasteiger charge is -2.26. The molecule has 7 heteroatoms. The number of aliphatic carboxylic acids is 1. The Morgan fingerprint density at radius 1 is 1.21 bits per heavy atom. The van der Waals surface area contributed by atoms with E-state index in [0.29, 0.717) is 37.7 Å². The molecule has 0 radical (unpaired) electrons. The van der Waals surface area contributed by atoms with Crippen molar-refractivity contribution < 1.29 is 24.2 Å². The van der Waals surface area contributed by atoms with Crippen LogP contribution in [-0.4, -0.2) is 30.2 Å². The molecule has 0 atom stereocenters. The molecule has 2 rings (SSSR count). The number of nitrogens with zero attached hydrogens (tertiary/aromatic N) is 1. The number of carboxylic acids is 1. The molecule has 1 fully saturated rings. The van der Waals surface area contributed by atoms with Gasteiger partial charge in [-0.3, -0.25) is 9.59 Å². The van der Waals surface area contributed by atoms with Gasteiger partial charge in [0.25, 0.3) is 0 Å². The van der Waals surface area contributed by atoms with Gasteiger partial charge in [0.1, 0.15) is 12.4 Å². The van der Waals surface area contributed by atoms with Gasteiger partial charge in [0, 0.05) is 6.42 Å². The van der Waals surface area contributed by atoms with Gasteiger partial charge in [-0.05, 0) is 81.2 Å². The zero-order valence-electron chi connectivity index (χ0n) is 19.7. The van der Waals surface area contributed by atoms with Crippen LogP contribution in [0.1, 0.15) is 70.3 Å². The van der Waals surface area contributed by atoms with E-state index in [0.717, 1.165) is 37.7 Å². The van der Waals surface area contributed by atoms with Gasteiger partial charge in [0.05, 0.1) is 24.7 Å². The fourth-order valence-corrected chi connectivity index (χ4v) is 3.44. The summed E-state index contributed by atoms with van der Waals surface area (Å²) in [5.41, 5.74) is 6.57. The maximum absolute atomic E-state index is 12.1. The van der Waals surface area contributed by atoms with Gasteiger partial charge in [-0.15, -0.1) is 0 Å². The number of nitrogens with two attached hydrogens (primary N) is 1. The third-order valence-corrected chi connectivity index (χ3v) is 5.53. The summed E-state index contributed by atoms with van der Waals surface area (Å²) in [7, 11) is 0. The largest absolute Gasteiger partial charge is 0.500 e. The molecule has 33 heavy (non-hydrogen) atoms. The number of aryl methyl sites for hydroxylation is 1. The van der Waals surface area contributed by atoms with E-state index >= 15 is 0 Å². The molecule has 0 spiro atoms. The van der Waals surface area contributed by atoms with Crippen molar-refractivity contribution in [2.24, 2.45) is 17.6 Å². The van der Waals surface area contributed by atoms with E-state index in [-0.39, 0.29) is 18.3 Å². The van der Waals surface area contributed by atoms with Gasteiger partial charge in [0.15, 0.2) is 0 Å². The maximum atomic E-state index is 12.1. The van der Waals surface area contributed by atoms with Crippen LogP contribution in [0.3, 0.4) is 0 Å². The van der Waals surface area contributed by atoms with Gasteiger partial charge in [0.2, 0.25) is 0 Å². The first-order chi connectivity index (χ1) is 16.0. The van der Waals surface area contributed by atoms with E-state index in [2.05, 4.69) is 6.92 Å². The third kappa shape index (κ3) is 13.3. The van der Waals surface area contributed by atoms with Gasteiger partial charge in [-0.1, -0.05) is 25.5 Å². The van der Waals surface area contributed by atoms with Crippen LogP contribution in [0.2, 0.25) is 0 Å². The molecule has 1 saturated carbocycles. The van der Waals surface area contributed by atoms with Crippen molar-refractivity contribution in [1.82, 2.24) is 0 Å². The topological polar surface area (TPSA) is 123 Å². The van der Waals surface area contributed by atoms with Gasteiger partial charge < -0.3 is 20.3 Å². The van der Waals surface area contributed by atoms with E-state index < -0.39 is 5.97 Å². The Kier molecular flexibility index (Phi) is 15.1. The Labute approximate surface area is 197 Å². The van der Waals surface area contributed by atoms with E-state index in [1.54, 1.807) is 30.5 Å². The standard InChI is InChI=1S/C17H23NO4.C9H15NO/c18-11-13-1-6-14(7-2-13)17(21)22-15-8-3-12(4-9-15)5-10-16(19)20;1-2-3-4-5-8-11-9-6-7-10/h3-4,8-9,13-14H,1-2,5-7,10-11,18H2,(H,19,20);5,8H,2-4,6,9H2,1H3/b;8-5+/t13-,14-;. The maximum Gasteiger partial charge on any atom is 0.314 e. The number of hydrogen-bond acceptors (Lipinski definition) is 6. The Balaban J connectivity index is 0.000000420. The second-order valence-corrected chi connectivity index (χ2v) is 8.21. The molecule has 7 nitrogen and oxygen atoms in total. The average molecular weight is 459 g/mol. The van der Waals surface area contributed by atoms with Crippen molar-refractivity contribution in [1.29, 1.82) is 5.26 Å². The van der Waals surface area contributed by atoms with Crippen molar-refractivity contribution >= 4 is 11.9 Å². The third-order valence-electron chi connectivity index (χ3n) is 5.53. The highest BCUT2D eigenvalue weighted by molar-refractivity contribution is 5.75. The zero-order valence-corrected chi connectivity index (χ0v) is 19.7. The van der Waals surface area contributed by atoms with E-state index in [1.165, 1.54) is 12.8 Å². The minimum Gasteiger partial charge on any atom is -0.500 e. The van der Waals surface area contributed by atoms with Crippen LogP contribution in [0.5, 0.6) is 5.75 Å². The number of nitriles is 1. The van der Waals surface area contributed by atoms with Gasteiger partial charge in [-0.2, -0.15) is 5.26 Å². The predicted octanol–water partition coefficient (Wildman–Crippen LogP) is 4.99. The number of benzene rings is 1. The quantitative estimate of drug-likeness (QED) is 0.196. The van der Waals surface area contributed by atoms with Gasteiger partial charge >= 0.3 is 11.9 Å². The first-order valence-electron chi connectivity index (χ1n) is 11.9. The van der Waals surface area contributed by atoms with Crippen LogP contribution in [0.25, 0.3) is 0 Å². The molecule has 3 N–H and O–H groups in total. The first kappa shape index (κ1) is 28.2. The van der Waals surface area contributed by atoms with Crippen LogP contribution in [0.15, 0.2) is 36.6 Å². The van der Waals surface area contributed by atoms with E-state index in [9.17, 15) is 9.59 Å². The molecule has 182 valence electrons. The van der Waals surface area contributed by atoms with E-state index in [1.807, 2.05) is 12.1 Å². The molecule has 0 heterocycles. The summed E-state index contributed by atoms with van der Waals surface area (Å²) >= 11 is 0. The summed E-state index contributed by atoms with van der Waals surface area (Å²) in [5, 5.41) is 16.8. The minimum absolute atomic E-state index is 0.0329. The lowest BCUT2D eigenvalue weighted by atomic mass is 9.82. The van der Waals surface area contributed by atoms with Crippen LogP contribution >= 0.6 is 0 Å². The summed E-state index contributed by atoms with van der Waals surface area (Å²) in [6.45, 7) is 3.36. The molecule has 0 aromatic heterocycles. The highest BCUT2D eigenvalue weighted by Gasteiger charge is 2.27. The minimum atomic E-state index is -0.816. The highest BCUT2D eigenvalue weighted by atomic mass is 16.5. The first-order valence-corrected chi connectivity index (χ1v) is 11.9. The molecular weight excluding hydrogens is 420 g/mol. The molecular formula is C26H38N2O5. The number of allylic oxidation sites excluding steroid dienone is 1. The normalized spacial score (nSPS) is 17.5. The van der Waals surface area contributed by atoms with Gasteiger partial charge in [-0.25, -0.2) is 0 Å². The summed E-state index contributed by atoms with van der Waals surface area (Å²) in [4.78, 5) is 22.7. The molecule has 1 aliphatic rings. The van der Waals surface area contributed by atoms with Crippen LogP contribution in [0.4, 0.5) is 0 Å². The van der Waals surface area contributed by atoms with Crippen molar-refractivity contribution in [2.45, 2.75) is 71.1 Å². The predicted molar refractivity (Wildman–Crippen MR) is 127 cm³/mol. The lowest BCUT2D eigenvalue weighted by Crippen LogP contribution is -2.28. The van der Waals surface area contributed by atoms with Crippen molar-refractivity contribution in [2.75, 3.05) is 13.2 Å². The summed E-state index contributed by atoms with van der Waals surface area (Å²) in [6, 6.07) is 9.06. The highest BCUT2D eigenvalue weighted by Crippen LogP contribution is 2.29. The summed E-state index contributed by atoms with van der Waals surface area (Å²) < 4.78 is 10.4. The fraction of sp³-hybridized carbons (Fsp3) is 0.577. The molecule has 0 amide bonds. The molecule has 0 aliphatic heterocycles. The van der Waals surface area contributed by atoms with Crippen LogP contribution in [-0.2, 0) is 20.7 Å². The summed E-state index contributed by atoms with van der Waals surface area (Å²) in [6.07, 6.45) is 11.9. The molecule has 1 aliphatic carbocycles. The zero-order chi connectivity index (χ0) is 24.3. The number of rotatable bonds is 12. The van der Waals surface area contributed by atoms with Crippen molar-refractivity contribution in [3.63, 3.8) is 0 Å². The van der Waals surface area contributed by atoms with Crippen molar-refractivity contribution in [3.8, 4) is 11.8 Å². The Morgan fingerprint density at radius 3 is 2.48 bits per heavy atom. The van der Waals surface area contributed by atoms with Crippen LogP contribution in [0, 0.1) is 23.2 Å². The average Bonchev–Trinajstić information content (AvgIpc) is 2.83. The molecule has 0 unspecified atom stereocenters. The second-order valence-electron chi connectivity index (χ2n) is 8.21. The Hall–Kier alpha value is -2.85. The molecule has 1 aromatic carbocycles. The van der Waals surface area contributed by atoms with Crippen molar-refractivity contribution in [3.05, 3.63) is 42.2 Å². The number of unbranched alkanes of at least 4 members (excludes halogenated alkanes) is 2. The van der Waals surface area contributed by atoms with E-state index in [4.69, 9.17) is 25.6 Å². The summed E-state index contributed by atoms with van der Waals surface area (Å²) in [5.74, 6) is 0.0365. The smallest absolute Gasteiger partial charge is 0.314 e. The molecule has 0 bridgehead atoms. The number of hydrogen-bond donors (Lipinski definition) is 2. The number of esters is 1. The number of carbonyl (C=O) groups excluding carboxylic acids is 1. The second kappa shape index (κ2) is 17.7. The molecule has 0 saturated heterocycles. The SMILES string of the molecule is CCCC/C=C/OCCC#N.NC[C@H]1CC[C@H](C(=O)Oc2ccc(CCC(=O)O)cc2)CC1. The Bertz CT molecular complexity index is 747. The fourth-order valence-electron chi connectivity index (χ4n) is 3.44. The Morgan fingerprint density at radius 2 is 1.91 bits per heavy atom. The number of carbonyl (C=O) groups is 2. The number of ether oxygens (including phenoxy) is 2. The lowest BCUT2D eigenvalue weighted by molar-refractivity contribution is -0.140. The number of carboxylic acid groups (broad SMARTS) is 1.